The summed E-state index contributed by atoms with van der Waals surface area (Å²) in [5.74, 6) is 2.09. The van der Waals surface area contributed by atoms with E-state index in [0.29, 0.717) is 13.1 Å². The number of hydrogen-bond donors (Lipinski definition) is 0. The van der Waals surface area contributed by atoms with Crippen molar-refractivity contribution in [1.82, 2.24) is 4.90 Å². The minimum Gasteiger partial charge on any atom is -0.454 e. The second kappa shape index (κ2) is 8.67. The first-order chi connectivity index (χ1) is 14.0. The van der Waals surface area contributed by atoms with Gasteiger partial charge in [-0.05, 0) is 36.2 Å². The molecule has 4 rings (SSSR count). The predicted molar refractivity (Wildman–Crippen MR) is 112 cm³/mol. The molecule has 1 unspecified atom stereocenters. The first-order valence-corrected chi connectivity index (χ1v) is 12.3. The molecule has 29 heavy (non-hydrogen) atoms. The van der Waals surface area contributed by atoms with Gasteiger partial charge < -0.3 is 14.4 Å². The van der Waals surface area contributed by atoms with Crippen LogP contribution in [0.3, 0.4) is 0 Å². The second-order valence-electron chi connectivity index (χ2n) is 7.02. The number of amides is 1. The van der Waals surface area contributed by atoms with Crippen LogP contribution >= 0.6 is 11.8 Å². The van der Waals surface area contributed by atoms with Gasteiger partial charge in [-0.25, -0.2) is 8.42 Å². The van der Waals surface area contributed by atoms with E-state index in [-0.39, 0.29) is 35.0 Å². The van der Waals surface area contributed by atoms with Gasteiger partial charge in [0.2, 0.25) is 12.7 Å². The number of fused-ring (bicyclic) bond motifs is 1. The van der Waals surface area contributed by atoms with E-state index in [1.165, 1.54) is 5.56 Å². The summed E-state index contributed by atoms with van der Waals surface area (Å²) in [6, 6.07) is 14.3. The van der Waals surface area contributed by atoms with Gasteiger partial charge in [-0.1, -0.05) is 24.3 Å². The molecule has 0 spiro atoms. The van der Waals surface area contributed by atoms with Gasteiger partial charge in [0.15, 0.2) is 21.3 Å². The van der Waals surface area contributed by atoms with E-state index < -0.39 is 9.84 Å². The standard InChI is InChI=1S/C21H23NO5S2/c23-21(9-13-29(24,25)17-4-2-1-3-5-17)22-10-8-20(28-12-11-22)16-6-7-18-19(14-16)27-15-26-18/h1-7,14,20H,8-13,15H2. The molecular formula is C21H23NO5S2. The van der Waals surface area contributed by atoms with Crippen LogP contribution in [0.15, 0.2) is 53.4 Å². The molecule has 8 heteroatoms. The zero-order chi connectivity index (χ0) is 20.3. The van der Waals surface area contributed by atoms with Crippen molar-refractivity contribution < 1.29 is 22.7 Å². The Morgan fingerprint density at radius 2 is 1.86 bits per heavy atom. The number of ether oxygens (including phenoxy) is 2. The normalized spacial score (nSPS) is 19.0. The molecule has 0 radical (unpaired) electrons. The van der Waals surface area contributed by atoms with E-state index in [1.807, 2.05) is 23.9 Å². The summed E-state index contributed by atoms with van der Waals surface area (Å²) in [5.41, 5.74) is 1.17. The van der Waals surface area contributed by atoms with Crippen molar-refractivity contribution in [3.8, 4) is 11.5 Å². The number of rotatable bonds is 5. The van der Waals surface area contributed by atoms with Gasteiger partial charge in [-0.3, -0.25) is 4.79 Å². The minimum atomic E-state index is -3.44. The van der Waals surface area contributed by atoms with Crippen molar-refractivity contribution in [2.24, 2.45) is 0 Å². The van der Waals surface area contributed by atoms with E-state index in [9.17, 15) is 13.2 Å². The first kappa shape index (κ1) is 20.1. The second-order valence-corrected chi connectivity index (χ2v) is 10.4. The van der Waals surface area contributed by atoms with Gasteiger partial charge in [0.25, 0.3) is 0 Å². The quantitative estimate of drug-likeness (QED) is 0.721. The van der Waals surface area contributed by atoms with Crippen LogP contribution in [0, 0.1) is 0 Å². The Morgan fingerprint density at radius 3 is 2.69 bits per heavy atom. The van der Waals surface area contributed by atoms with E-state index in [0.717, 1.165) is 23.7 Å². The van der Waals surface area contributed by atoms with Crippen molar-refractivity contribution in [1.29, 1.82) is 0 Å². The number of thioether (sulfide) groups is 1. The van der Waals surface area contributed by atoms with Crippen molar-refractivity contribution in [2.45, 2.75) is 23.0 Å². The zero-order valence-electron chi connectivity index (χ0n) is 16.0. The Kier molecular flexibility index (Phi) is 6.01. The summed E-state index contributed by atoms with van der Waals surface area (Å²) in [7, 11) is -3.44. The third-order valence-electron chi connectivity index (χ3n) is 5.15. The molecule has 1 fully saturated rings. The van der Waals surface area contributed by atoms with Gasteiger partial charge in [-0.2, -0.15) is 11.8 Å². The lowest BCUT2D eigenvalue weighted by Gasteiger charge is -2.20. The fourth-order valence-electron chi connectivity index (χ4n) is 3.52. The Hall–Kier alpha value is -2.19. The molecule has 2 aliphatic rings. The topological polar surface area (TPSA) is 72.9 Å². The fourth-order valence-corrected chi connectivity index (χ4v) is 6.00. The van der Waals surface area contributed by atoms with Crippen molar-refractivity contribution in [3.63, 3.8) is 0 Å². The molecule has 2 heterocycles. The fraction of sp³-hybridized carbons (Fsp3) is 0.381. The number of carbonyl (C=O) groups excluding carboxylic acids is 1. The molecule has 1 saturated heterocycles. The van der Waals surface area contributed by atoms with Gasteiger partial charge in [0.05, 0.1) is 10.6 Å². The summed E-state index contributed by atoms with van der Waals surface area (Å²) in [6.07, 6.45) is 0.831. The van der Waals surface area contributed by atoms with Crippen LogP contribution in [0.1, 0.15) is 23.7 Å². The average Bonchev–Trinajstić information content (AvgIpc) is 3.07. The van der Waals surface area contributed by atoms with Gasteiger partial charge >= 0.3 is 0 Å². The summed E-state index contributed by atoms with van der Waals surface area (Å²) < 4.78 is 35.7. The third kappa shape index (κ3) is 4.70. The summed E-state index contributed by atoms with van der Waals surface area (Å²) in [6.45, 7) is 1.51. The number of benzene rings is 2. The molecule has 0 bridgehead atoms. The molecule has 1 amide bonds. The Bertz CT molecular complexity index is 978. The summed E-state index contributed by atoms with van der Waals surface area (Å²) in [4.78, 5) is 14.7. The van der Waals surface area contributed by atoms with Crippen LogP contribution in [0.2, 0.25) is 0 Å². The van der Waals surface area contributed by atoms with Crippen LogP contribution in [-0.2, 0) is 14.6 Å². The molecule has 154 valence electrons. The molecule has 6 nitrogen and oxygen atoms in total. The lowest BCUT2D eigenvalue weighted by molar-refractivity contribution is -0.130. The highest BCUT2D eigenvalue weighted by molar-refractivity contribution is 7.99. The number of nitrogens with zero attached hydrogens (tertiary/aromatic N) is 1. The molecule has 0 saturated carbocycles. The van der Waals surface area contributed by atoms with Crippen LogP contribution in [-0.4, -0.2) is 50.6 Å². The van der Waals surface area contributed by atoms with E-state index >= 15 is 0 Å². The van der Waals surface area contributed by atoms with Gasteiger partial charge in [0.1, 0.15) is 0 Å². The molecule has 0 N–H and O–H groups in total. The van der Waals surface area contributed by atoms with Crippen LogP contribution in [0.5, 0.6) is 11.5 Å². The number of carbonyl (C=O) groups is 1. The largest absolute Gasteiger partial charge is 0.454 e. The highest BCUT2D eigenvalue weighted by atomic mass is 32.2. The monoisotopic (exact) mass is 433 g/mol. The Morgan fingerprint density at radius 1 is 1.07 bits per heavy atom. The molecule has 0 aromatic heterocycles. The molecule has 1 atom stereocenters. The predicted octanol–water partition coefficient (Wildman–Crippen LogP) is 3.29. The average molecular weight is 434 g/mol. The van der Waals surface area contributed by atoms with Crippen molar-refractivity contribution in [2.75, 3.05) is 31.4 Å². The molecular weight excluding hydrogens is 410 g/mol. The Labute approximate surface area is 175 Å². The van der Waals surface area contributed by atoms with Crippen LogP contribution < -0.4 is 9.47 Å². The number of hydrogen-bond acceptors (Lipinski definition) is 6. The minimum absolute atomic E-state index is 0.0105. The molecule has 2 aromatic carbocycles. The van der Waals surface area contributed by atoms with E-state index in [2.05, 4.69) is 6.07 Å². The lowest BCUT2D eigenvalue weighted by atomic mass is 10.1. The molecule has 2 aromatic rings. The number of sulfone groups is 1. The molecule has 2 aliphatic heterocycles. The van der Waals surface area contributed by atoms with E-state index in [1.54, 1.807) is 35.2 Å². The Balaban J connectivity index is 1.34. The smallest absolute Gasteiger partial charge is 0.231 e. The first-order valence-electron chi connectivity index (χ1n) is 9.60. The van der Waals surface area contributed by atoms with Crippen molar-refractivity contribution >= 4 is 27.5 Å². The highest BCUT2D eigenvalue weighted by Crippen LogP contribution is 2.40. The highest BCUT2D eigenvalue weighted by Gasteiger charge is 2.25. The summed E-state index contributed by atoms with van der Waals surface area (Å²) in [5, 5.41) is 0.273. The van der Waals surface area contributed by atoms with Crippen LogP contribution in [0.4, 0.5) is 0 Å². The lowest BCUT2D eigenvalue weighted by Crippen LogP contribution is -2.34. The van der Waals surface area contributed by atoms with Crippen LogP contribution in [0.25, 0.3) is 0 Å². The van der Waals surface area contributed by atoms with Gasteiger partial charge in [-0.15, -0.1) is 0 Å². The zero-order valence-corrected chi connectivity index (χ0v) is 17.6. The maximum Gasteiger partial charge on any atom is 0.231 e. The SMILES string of the molecule is O=C(CCS(=O)(=O)c1ccccc1)N1CCSC(c2ccc3c(c2)OCO3)CC1. The molecule has 0 aliphatic carbocycles. The van der Waals surface area contributed by atoms with Gasteiger partial charge in [0, 0.05) is 30.5 Å². The maximum atomic E-state index is 12.6. The van der Waals surface area contributed by atoms with Crippen molar-refractivity contribution in [3.05, 3.63) is 54.1 Å². The van der Waals surface area contributed by atoms with E-state index in [4.69, 9.17) is 9.47 Å². The summed E-state index contributed by atoms with van der Waals surface area (Å²) >= 11 is 1.82. The maximum absolute atomic E-state index is 12.6. The third-order valence-corrected chi connectivity index (χ3v) is 8.21.